The Morgan fingerprint density at radius 2 is 1.85 bits per heavy atom. The molecule has 2 N–H and O–H groups in total. The van der Waals surface area contributed by atoms with E-state index in [2.05, 4.69) is 5.32 Å². The van der Waals surface area contributed by atoms with Crippen LogP contribution in [0.3, 0.4) is 0 Å². The first-order valence-corrected chi connectivity index (χ1v) is 6.36. The van der Waals surface area contributed by atoms with Crippen LogP contribution in [0.4, 0.5) is 11.4 Å². The van der Waals surface area contributed by atoms with Crippen LogP contribution in [0.15, 0.2) is 48.5 Å². The van der Waals surface area contributed by atoms with Gasteiger partial charge < -0.3 is 10.4 Å². The molecule has 2 aromatic carbocycles. The van der Waals surface area contributed by atoms with Crippen molar-refractivity contribution in [2.24, 2.45) is 0 Å². The molecule has 0 fully saturated rings. The van der Waals surface area contributed by atoms with Crippen LogP contribution in [0.1, 0.15) is 11.7 Å². The van der Waals surface area contributed by atoms with Gasteiger partial charge in [0.15, 0.2) is 0 Å². The Bertz CT molecular complexity index is 602. The zero-order chi connectivity index (χ0) is 14.5. The molecule has 0 heterocycles. The number of nitro groups is 1. The van der Waals surface area contributed by atoms with Gasteiger partial charge in [0, 0.05) is 17.6 Å². The third kappa shape index (κ3) is 3.46. The van der Waals surface area contributed by atoms with Crippen LogP contribution < -0.4 is 5.32 Å². The molecule has 104 valence electrons. The van der Waals surface area contributed by atoms with Gasteiger partial charge in [-0.1, -0.05) is 35.9 Å². The summed E-state index contributed by atoms with van der Waals surface area (Å²) in [6, 6.07) is 13.1. The Morgan fingerprint density at radius 1 is 1.20 bits per heavy atom. The summed E-state index contributed by atoms with van der Waals surface area (Å²) in [4.78, 5) is 10.4. The monoisotopic (exact) mass is 292 g/mol. The lowest BCUT2D eigenvalue weighted by Gasteiger charge is -2.13. The van der Waals surface area contributed by atoms with Crippen molar-refractivity contribution in [3.8, 4) is 0 Å². The normalized spacial score (nSPS) is 11.9. The highest BCUT2D eigenvalue weighted by Gasteiger charge is 2.14. The summed E-state index contributed by atoms with van der Waals surface area (Å²) < 4.78 is 0. The molecule has 0 saturated carbocycles. The smallest absolute Gasteiger partial charge is 0.292 e. The first-order valence-electron chi connectivity index (χ1n) is 5.99. The van der Waals surface area contributed by atoms with Gasteiger partial charge in [-0.2, -0.15) is 0 Å². The lowest BCUT2D eigenvalue weighted by molar-refractivity contribution is -0.384. The summed E-state index contributed by atoms with van der Waals surface area (Å²) in [5.41, 5.74) is 1.06. The number of aliphatic hydroxyl groups is 1. The summed E-state index contributed by atoms with van der Waals surface area (Å²) in [6.45, 7) is 0.173. The van der Waals surface area contributed by atoms with Gasteiger partial charge in [0.05, 0.1) is 11.0 Å². The molecule has 6 heteroatoms. The summed E-state index contributed by atoms with van der Waals surface area (Å²) in [5, 5.41) is 24.4. The van der Waals surface area contributed by atoms with Crippen LogP contribution in [0, 0.1) is 10.1 Å². The molecule has 5 nitrogen and oxygen atoms in total. The van der Waals surface area contributed by atoms with Gasteiger partial charge in [0.2, 0.25) is 0 Å². The maximum Gasteiger partial charge on any atom is 0.292 e. The minimum atomic E-state index is -0.771. The van der Waals surface area contributed by atoms with Crippen molar-refractivity contribution < 1.29 is 10.0 Å². The standard InChI is InChI=1S/C14H13ClN2O3/c15-11-7-5-10(6-8-11)14(18)9-16-12-3-1-2-4-13(12)17(19)20/h1-8,14,16,18H,9H2. The van der Waals surface area contributed by atoms with Crippen molar-refractivity contribution >= 4 is 23.0 Å². The largest absolute Gasteiger partial charge is 0.387 e. The fraction of sp³-hybridized carbons (Fsp3) is 0.143. The van der Waals surface area contributed by atoms with Crippen LogP contribution in [0.5, 0.6) is 0 Å². The SMILES string of the molecule is O=[N+]([O-])c1ccccc1NCC(O)c1ccc(Cl)cc1. The van der Waals surface area contributed by atoms with E-state index in [1.54, 1.807) is 42.5 Å². The maximum atomic E-state index is 10.9. The number of hydrogen-bond acceptors (Lipinski definition) is 4. The van der Waals surface area contributed by atoms with Crippen LogP contribution in [0.2, 0.25) is 5.02 Å². The van der Waals surface area contributed by atoms with Crippen LogP contribution in [0.25, 0.3) is 0 Å². The van der Waals surface area contributed by atoms with Crippen molar-refractivity contribution in [3.05, 3.63) is 69.2 Å². The molecule has 0 aromatic heterocycles. The zero-order valence-corrected chi connectivity index (χ0v) is 11.2. The van der Waals surface area contributed by atoms with Gasteiger partial charge in [-0.15, -0.1) is 0 Å². The molecule has 0 aliphatic heterocycles. The Kier molecular flexibility index (Phi) is 4.55. The highest BCUT2D eigenvalue weighted by atomic mass is 35.5. The number of halogens is 1. The van der Waals surface area contributed by atoms with Crippen molar-refractivity contribution in [1.82, 2.24) is 0 Å². The van der Waals surface area contributed by atoms with E-state index in [4.69, 9.17) is 11.6 Å². The van der Waals surface area contributed by atoms with Crippen molar-refractivity contribution in [1.29, 1.82) is 0 Å². The Balaban J connectivity index is 2.05. The number of anilines is 1. The molecule has 2 rings (SSSR count). The number of para-hydroxylation sites is 2. The molecule has 20 heavy (non-hydrogen) atoms. The van der Waals surface area contributed by atoms with Crippen LogP contribution >= 0.6 is 11.6 Å². The average Bonchev–Trinajstić information content (AvgIpc) is 2.45. The first-order chi connectivity index (χ1) is 9.58. The molecule has 0 saturated heterocycles. The second-order valence-corrected chi connectivity index (χ2v) is 4.66. The predicted molar refractivity (Wildman–Crippen MR) is 78.0 cm³/mol. The van der Waals surface area contributed by atoms with Gasteiger partial charge in [0.25, 0.3) is 5.69 Å². The quantitative estimate of drug-likeness (QED) is 0.654. The van der Waals surface area contributed by atoms with Crippen molar-refractivity contribution in [3.63, 3.8) is 0 Å². The fourth-order valence-electron chi connectivity index (χ4n) is 1.79. The summed E-state index contributed by atoms with van der Waals surface area (Å²) in [6.07, 6.45) is -0.771. The van der Waals surface area contributed by atoms with Gasteiger partial charge in [-0.25, -0.2) is 0 Å². The molecule has 0 aliphatic carbocycles. The van der Waals surface area contributed by atoms with E-state index >= 15 is 0 Å². The van der Waals surface area contributed by atoms with Crippen LogP contribution in [-0.2, 0) is 0 Å². The molecule has 0 amide bonds. The van der Waals surface area contributed by atoms with Crippen molar-refractivity contribution in [2.75, 3.05) is 11.9 Å². The summed E-state index contributed by atoms with van der Waals surface area (Å²) >= 11 is 5.77. The van der Waals surface area contributed by atoms with E-state index in [9.17, 15) is 15.2 Å². The average molecular weight is 293 g/mol. The Labute approximate surface area is 121 Å². The molecular formula is C14H13ClN2O3. The zero-order valence-electron chi connectivity index (χ0n) is 10.5. The molecule has 0 radical (unpaired) electrons. The number of nitrogens with one attached hydrogen (secondary N) is 1. The molecule has 2 aromatic rings. The Hall–Kier alpha value is -2.11. The molecule has 0 spiro atoms. The van der Waals surface area contributed by atoms with E-state index in [0.29, 0.717) is 16.3 Å². The van der Waals surface area contributed by atoms with Gasteiger partial charge in [-0.05, 0) is 23.8 Å². The number of hydrogen-bond donors (Lipinski definition) is 2. The number of benzene rings is 2. The topological polar surface area (TPSA) is 75.4 Å². The highest BCUT2D eigenvalue weighted by Crippen LogP contribution is 2.24. The van der Waals surface area contributed by atoms with Crippen LogP contribution in [-0.4, -0.2) is 16.6 Å². The van der Waals surface area contributed by atoms with E-state index in [1.165, 1.54) is 6.07 Å². The molecular weight excluding hydrogens is 280 g/mol. The van der Waals surface area contributed by atoms with Gasteiger partial charge >= 0.3 is 0 Å². The molecule has 0 aliphatic rings. The minimum absolute atomic E-state index is 0.0178. The number of rotatable bonds is 5. The number of aliphatic hydroxyl groups excluding tert-OH is 1. The second-order valence-electron chi connectivity index (χ2n) is 4.22. The van der Waals surface area contributed by atoms with E-state index in [1.807, 2.05) is 0 Å². The second kappa shape index (κ2) is 6.36. The summed E-state index contributed by atoms with van der Waals surface area (Å²) in [7, 11) is 0. The summed E-state index contributed by atoms with van der Waals surface area (Å²) in [5.74, 6) is 0. The lowest BCUT2D eigenvalue weighted by Crippen LogP contribution is -2.13. The predicted octanol–water partition coefficient (Wildman–Crippen LogP) is 3.39. The third-order valence-corrected chi connectivity index (χ3v) is 3.09. The first kappa shape index (κ1) is 14.3. The molecule has 1 unspecified atom stereocenters. The lowest BCUT2D eigenvalue weighted by atomic mass is 10.1. The van der Waals surface area contributed by atoms with Crippen molar-refractivity contribution in [2.45, 2.75) is 6.10 Å². The molecule has 0 bridgehead atoms. The number of nitro benzene ring substituents is 1. The third-order valence-electron chi connectivity index (χ3n) is 2.84. The van der Waals surface area contributed by atoms with E-state index < -0.39 is 11.0 Å². The van der Waals surface area contributed by atoms with E-state index in [-0.39, 0.29) is 12.2 Å². The maximum absolute atomic E-state index is 10.9. The van der Waals surface area contributed by atoms with E-state index in [0.717, 1.165) is 0 Å². The Morgan fingerprint density at radius 3 is 2.50 bits per heavy atom. The fourth-order valence-corrected chi connectivity index (χ4v) is 1.92. The number of nitrogens with zero attached hydrogens (tertiary/aromatic N) is 1. The van der Waals surface area contributed by atoms with Gasteiger partial charge in [-0.3, -0.25) is 10.1 Å². The van der Waals surface area contributed by atoms with Gasteiger partial charge in [0.1, 0.15) is 5.69 Å². The minimum Gasteiger partial charge on any atom is -0.387 e. The highest BCUT2D eigenvalue weighted by molar-refractivity contribution is 6.30. The molecule has 1 atom stereocenters.